The van der Waals surface area contributed by atoms with E-state index in [1.807, 2.05) is 0 Å². The van der Waals surface area contributed by atoms with Crippen LogP contribution in [0.2, 0.25) is 0 Å². The molecule has 2 aromatic heterocycles. The van der Waals surface area contributed by atoms with Gasteiger partial charge >= 0.3 is 0 Å². The van der Waals surface area contributed by atoms with Gasteiger partial charge < -0.3 is 15.2 Å². The summed E-state index contributed by atoms with van der Waals surface area (Å²) >= 11 is 0. The van der Waals surface area contributed by atoms with E-state index in [-0.39, 0.29) is 5.54 Å². The summed E-state index contributed by atoms with van der Waals surface area (Å²) in [4.78, 5) is 12.2. The monoisotopic (exact) mass is 287 g/mol. The van der Waals surface area contributed by atoms with Gasteiger partial charge in [0.15, 0.2) is 5.82 Å². The van der Waals surface area contributed by atoms with E-state index in [4.69, 9.17) is 10.3 Å². The summed E-state index contributed by atoms with van der Waals surface area (Å²) in [5.74, 6) is 2.65. The topological polar surface area (TPSA) is 93.6 Å². The van der Waals surface area contributed by atoms with Crippen LogP contribution in [-0.2, 0) is 5.54 Å². The molecular formula is C15H21N5O. The van der Waals surface area contributed by atoms with Gasteiger partial charge in [0.2, 0.25) is 0 Å². The van der Waals surface area contributed by atoms with E-state index in [1.54, 1.807) is 6.20 Å². The standard InChI is InChI=1S/C15H21N5O/c16-15(7-4-8-15)14-17-9-11(18-14)13-19-12(20-21-13)10-5-2-1-3-6-10/h9-10H,1-8,16H2,(H,17,18). The molecule has 0 bridgehead atoms. The van der Waals surface area contributed by atoms with E-state index >= 15 is 0 Å². The fraction of sp³-hybridized carbons (Fsp3) is 0.667. The highest BCUT2D eigenvalue weighted by Gasteiger charge is 2.37. The van der Waals surface area contributed by atoms with E-state index in [1.165, 1.54) is 38.5 Å². The number of aromatic nitrogens is 4. The van der Waals surface area contributed by atoms with Gasteiger partial charge in [-0.2, -0.15) is 4.98 Å². The lowest BCUT2D eigenvalue weighted by Gasteiger charge is -2.35. The number of aromatic amines is 1. The minimum Gasteiger partial charge on any atom is -0.336 e. The maximum absolute atomic E-state index is 6.28. The van der Waals surface area contributed by atoms with Crippen molar-refractivity contribution in [3.63, 3.8) is 0 Å². The largest absolute Gasteiger partial charge is 0.336 e. The maximum Gasteiger partial charge on any atom is 0.275 e. The average molecular weight is 287 g/mol. The zero-order valence-electron chi connectivity index (χ0n) is 12.1. The maximum atomic E-state index is 6.28. The lowest BCUT2D eigenvalue weighted by molar-refractivity contribution is 0.240. The van der Waals surface area contributed by atoms with E-state index < -0.39 is 0 Å². The van der Waals surface area contributed by atoms with Crippen LogP contribution in [0.3, 0.4) is 0 Å². The van der Waals surface area contributed by atoms with Crippen LogP contribution in [0, 0.1) is 0 Å². The number of hydrogen-bond acceptors (Lipinski definition) is 5. The molecule has 21 heavy (non-hydrogen) atoms. The molecule has 2 aliphatic carbocycles. The average Bonchev–Trinajstić information content (AvgIpc) is 3.14. The highest BCUT2D eigenvalue weighted by Crippen LogP contribution is 2.38. The number of H-pyrrole nitrogens is 1. The SMILES string of the molecule is NC1(c2ncc(-c3nc(C4CCCCC4)no3)[nH]2)CCC1. The van der Waals surface area contributed by atoms with Crippen molar-refractivity contribution >= 4 is 0 Å². The molecule has 3 N–H and O–H groups in total. The molecule has 2 heterocycles. The van der Waals surface area contributed by atoms with Crippen LogP contribution < -0.4 is 5.73 Å². The summed E-state index contributed by atoms with van der Waals surface area (Å²) < 4.78 is 5.41. The Labute approximate surface area is 123 Å². The van der Waals surface area contributed by atoms with Crippen molar-refractivity contribution < 1.29 is 4.52 Å². The Kier molecular flexibility index (Phi) is 3.06. The first-order valence-electron chi connectivity index (χ1n) is 7.93. The van der Waals surface area contributed by atoms with Gasteiger partial charge in [-0.25, -0.2) is 4.98 Å². The first kappa shape index (κ1) is 13.0. The van der Waals surface area contributed by atoms with Crippen molar-refractivity contribution in [1.29, 1.82) is 0 Å². The van der Waals surface area contributed by atoms with Crippen LogP contribution in [0.4, 0.5) is 0 Å². The molecule has 0 aliphatic heterocycles. The molecule has 0 saturated heterocycles. The Morgan fingerprint density at radius 3 is 2.71 bits per heavy atom. The Bertz CT molecular complexity index is 622. The van der Waals surface area contributed by atoms with E-state index in [9.17, 15) is 0 Å². The molecule has 0 radical (unpaired) electrons. The van der Waals surface area contributed by atoms with Gasteiger partial charge in [-0.05, 0) is 32.1 Å². The fourth-order valence-corrected chi connectivity index (χ4v) is 3.35. The number of hydrogen-bond donors (Lipinski definition) is 2. The molecule has 0 atom stereocenters. The Morgan fingerprint density at radius 1 is 1.19 bits per heavy atom. The predicted molar refractivity (Wildman–Crippen MR) is 77.4 cm³/mol. The molecule has 6 nitrogen and oxygen atoms in total. The molecule has 112 valence electrons. The third-order valence-corrected chi connectivity index (χ3v) is 4.94. The Balaban J connectivity index is 1.55. The summed E-state index contributed by atoms with van der Waals surface area (Å²) in [5, 5.41) is 4.16. The summed E-state index contributed by atoms with van der Waals surface area (Å²) in [6, 6.07) is 0. The minimum absolute atomic E-state index is 0.287. The van der Waals surface area contributed by atoms with E-state index in [2.05, 4.69) is 20.1 Å². The lowest BCUT2D eigenvalue weighted by atomic mass is 9.77. The van der Waals surface area contributed by atoms with Crippen molar-refractivity contribution in [1.82, 2.24) is 20.1 Å². The third-order valence-electron chi connectivity index (χ3n) is 4.94. The summed E-state index contributed by atoms with van der Waals surface area (Å²) in [7, 11) is 0. The summed E-state index contributed by atoms with van der Waals surface area (Å²) in [6.45, 7) is 0. The molecule has 0 unspecified atom stereocenters. The van der Waals surface area contributed by atoms with Gasteiger partial charge in [0.1, 0.15) is 11.5 Å². The number of nitrogens with two attached hydrogens (primary N) is 1. The van der Waals surface area contributed by atoms with Crippen molar-refractivity contribution in [3.05, 3.63) is 17.8 Å². The van der Waals surface area contributed by atoms with Gasteiger partial charge in [-0.1, -0.05) is 24.4 Å². The molecule has 2 aromatic rings. The Hall–Kier alpha value is -1.69. The molecule has 4 rings (SSSR count). The third kappa shape index (κ3) is 2.27. The number of rotatable bonds is 3. The number of nitrogens with one attached hydrogen (secondary N) is 1. The normalized spacial score (nSPS) is 22.1. The number of imidazole rings is 1. The smallest absolute Gasteiger partial charge is 0.275 e. The van der Waals surface area contributed by atoms with Gasteiger partial charge in [-0.15, -0.1) is 0 Å². The van der Waals surface area contributed by atoms with Gasteiger partial charge in [0, 0.05) is 5.92 Å². The van der Waals surface area contributed by atoms with Gasteiger partial charge in [0.25, 0.3) is 5.89 Å². The lowest BCUT2D eigenvalue weighted by Crippen LogP contribution is -2.44. The predicted octanol–water partition coefficient (Wildman–Crippen LogP) is 2.85. The van der Waals surface area contributed by atoms with Crippen molar-refractivity contribution in [2.24, 2.45) is 5.73 Å². The summed E-state index contributed by atoms with van der Waals surface area (Å²) in [5.41, 5.74) is 6.76. The molecule has 0 spiro atoms. The van der Waals surface area contributed by atoms with Gasteiger partial charge in [-0.3, -0.25) is 0 Å². The zero-order valence-corrected chi connectivity index (χ0v) is 12.1. The van der Waals surface area contributed by atoms with E-state index in [0.717, 1.165) is 30.2 Å². The second-order valence-corrected chi connectivity index (χ2v) is 6.45. The van der Waals surface area contributed by atoms with Crippen molar-refractivity contribution in [2.75, 3.05) is 0 Å². The molecule has 6 heteroatoms. The Morgan fingerprint density at radius 2 is 2.00 bits per heavy atom. The van der Waals surface area contributed by atoms with Crippen LogP contribution in [0.5, 0.6) is 0 Å². The molecule has 0 amide bonds. The second-order valence-electron chi connectivity index (χ2n) is 6.45. The molecule has 2 aliphatic rings. The van der Waals surface area contributed by atoms with E-state index in [0.29, 0.717) is 11.8 Å². The quantitative estimate of drug-likeness (QED) is 0.905. The van der Waals surface area contributed by atoms with Gasteiger partial charge in [0.05, 0.1) is 11.7 Å². The number of nitrogens with zero attached hydrogens (tertiary/aromatic N) is 3. The molecule has 2 saturated carbocycles. The van der Waals surface area contributed by atoms with Crippen LogP contribution in [0.25, 0.3) is 11.6 Å². The zero-order chi connectivity index (χ0) is 14.3. The fourth-order valence-electron chi connectivity index (χ4n) is 3.35. The summed E-state index contributed by atoms with van der Waals surface area (Å²) in [6.07, 6.45) is 11.1. The van der Waals surface area contributed by atoms with Crippen molar-refractivity contribution in [3.8, 4) is 11.6 Å². The van der Waals surface area contributed by atoms with Crippen LogP contribution >= 0.6 is 0 Å². The molecular weight excluding hydrogens is 266 g/mol. The second kappa shape index (κ2) is 4.94. The first-order valence-corrected chi connectivity index (χ1v) is 7.93. The van der Waals surface area contributed by atoms with Crippen LogP contribution in [0.1, 0.15) is 68.9 Å². The molecule has 0 aromatic carbocycles. The first-order chi connectivity index (χ1) is 10.2. The highest BCUT2D eigenvalue weighted by atomic mass is 16.5. The minimum atomic E-state index is -0.287. The highest BCUT2D eigenvalue weighted by molar-refractivity contribution is 5.45. The van der Waals surface area contributed by atoms with Crippen LogP contribution in [0.15, 0.2) is 10.7 Å². The van der Waals surface area contributed by atoms with Crippen LogP contribution in [-0.4, -0.2) is 20.1 Å². The molecule has 2 fully saturated rings. The van der Waals surface area contributed by atoms with Crippen molar-refractivity contribution in [2.45, 2.75) is 62.8 Å².